The summed E-state index contributed by atoms with van der Waals surface area (Å²) in [5.41, 5.74) is 0.771. The van der Waals surface area contributed by atoms with Crippen LogP contribution in [0, 0.1) is 5.92 Å². The first-order valence-electron chi connectivity index (χ1n) is 9.15. The van der Waals surface area contributed by atoms with Gasteiger partial charge in [-0.05, 0) is 80.1 Å². The molecular formula is C20H26BrClN2O2. The number of aromatic nitrogens is 1. The van der Waals surface area contributed by atoms with Gasteiger partial charge in [0.2, 0.25) is 0 Å². The molecule has 1 aliphatic rings. The van der Waals surface area contributed by atoms with Crippen LogP contribution in [0.15, 0.2) is 28.9 Å². The molecule has 26 heavy (non-hydrogen) atoms. The summed E-state index contributed by atoms with van der Waals surface area (Å²) in [4.78, 5) is 14.0. The van der Waals surface area contributed by atoms with Crippen LogP contribution in [-0.4, -0.2) is 34.3 Å². The molecule has 0 bridgehead atoms. The van der Waals surface area contributed by atoms with Gasteiger partial charge in [0.05, 0.1) is 5.02 Å². The lowest BCUT2D eigenvalue weighted by atomic mass is 9.94. The van der Waals surface area contributed by atoms with Crippen molar-refractivity contribution in [2.45, 2.75) is 52.2 Å². The third-order valence-corrected chi connectivity index (χ3v) is 6.28. The Bertz CT molecular complexity index is 789. The molecule has 1 aliphatic heterocycles. The van der Waals surface area contributed by atoms with Gasteiger partial charge in [0, 0.05) is 41.2 Å². The van der Waals surface area contributed by atoms with Crippen molar-refractivity contribution in [1.82, 2.24) is 9.47 Å². The minimum atomic E-state index is -0.430. The maximum absolute atomic E-state index is 12.2. The summed E-state index contributed by atoms with van der Waals surface area (Å²) in [5.74, 6) is 0.641. The summed E-state index contributed by atoms with van der Waals surface area (Å²) in [6.07, 6.45) is 5.13. The number of carbonyl (C=O) groups excluding carboxylic acids is 1. The predicted molar refractivity (Wildman–Crippen MR) is 110 cm³/mol. The fourth-order valence-electron chi connectivity index (χ4n) is 3.46. The van der Waals surface area contributed by atoms with Crippen molar-refractivity contribution in [2.24, 2.45) is 5.92 Å². The van der Waals surface area contributed by atoms with E-state index in [0.717, 1.165) is 53.8 Å². The molecule has 0 atom stereocenters. The molecular weight excluding hydrogens is 416 g/mol. The number of benzene rings is 1. The molecule has 1 amide bonds. The summed E-state index contributed by atoms with van der Waals surface area (Å²) in [7, 11) is 0. The Morgan fingerprint density at radius 2 is 1.96 bits per heavy atom. The Morgan fingerprint density at radius 3 is 2.62 bits per heavy atom. The zero-order valence-corrected chi connectivity index (χ0v) is 17.9. The lowest BCUT2D eigenvalue weighted by Gasteiger charge is -2.33. The van der Waals surface area contributed by atoms with E-state index in [-0.39, 0.29) is 6.09 Å². The van der Waals surface area contributed by atoms with Gasteiger partial charge in [0.15, 0.2) is 0 Å². The minimum Gasteiger partial charge on any atom is -0.444 e. The van der Waals surface area contributed by atoms with Gasteiger partial charge >= 0.3 is 6.09 Å². The number of carbonyl (C=O) groups is 1. The molecule has 1 fully saturated rings. The van der Waals surface area contributed by atoms with Crippen LogP contribution in [0.1, 0.15) is 40.0 Å². The molecule has 1 saturated heterocycles. The predicted octanol–water partition coefficient (Wildman–Crippen LogP) is 6.09. The highest BCUT2D eigenvalue weighted by atomic mass is 79.9. The summed E-state index contributed by atoms with van der Waals surface area (Å²) in [5, 5.41) is 1.89. The van der Waals surface area contributed by atoms with Crippen molar-refractivity contribution >= 4 is 44.5 Å². The molecule has 0 aliphatic carbocycles. The van der Waals surface area contributed by atoms with E-state index in [1.807, 2.05) is 31.7 Å². The summed E-state index contributed by atoms with van der Waals surface area (Å²) in [6, 6.07) is 6.12. The number of fused-ring (bicyclic) bond motifs is 1. The average molecular weight is 442 g/mol. The number of likely N-dealkylation sites (tertiary alicyclic amines) is 1. The quantitative estimate of drug-likeness (QED) is 0.577. The van der Waals surface area contributed by atoms with Crippen LogP contribution in [-0.2, 0) is 11.3 Å². The van der Waals surface area contributed by atoms with E-state index in [2.05, 4.69) is 38.8 Å². The lowest BCUT2D eigenvalue weighted by molar-refractivity contribution is 0.0180. The molecule has 1 aromatic carbocycles. The van der Waals surface area contributed by atoms with Crippen molar-refractivity contribution in [3.05, 3.63) is 33.9 Å². The molecule has 0 spiro atoms. The van der Waals surface area contributed by atoms with Crippen LogP contribution in [0.5, 0.6) is 0 Å². The number of rotatable bonds is 3. The fourth-order valence-corrected chi connectivity index (χ4v) is 4.09. The number of amides is 1. The van der Waals surface area contributed by atoms with Crippen molar-refractivity contribution in [3.63, 3.8) is 0 Å². The van der Waals surface area contributed by atoms with E-state index < -0.39 is 5.60 Å². The number of piperidine rings is 1. The molecule has 0 unspecified atom stereocenters. The molecule has 0 radical (unpaired) electrons. The lowest BCUT2D eigenvalue weighted by Crippen LogP contribution is -2.41. The highest BCUT2D eigenvalue weighted by Gasteiger charge is 2.26. The SMILES string of the molecule is CC(C)(C)OC(=O)N1CCC(CCn2ccc3c(Br)c(Cl)ccc32)CC1. The molecule has 2 heterocycles. The first kappa shape index (κ1) is 19.6. The smallest absolute Gasteiger partial charge is 0.410 e. The Balaban J connectivity index is 1.53. The van der Waals surface area contributed by atoms with E-state index in [0.29, 0.717) is 5.92 Å². The summed E-state index contributed by atoms with van der Waals surface area (Å²) in [6.45, 7) is 8.27. The first-order chi connectivity index (χ1) is 12.2. The molecule has 1 aromatic heterocycles. The first-order valence-corrected chi connectivity index (χ1v) is 10.3. The van der Waals surface area contributed by atoms with Gasteiger partial charge in [-0.25, -0.2) is 4.79 Å². The van der Waals surface area contributed by atoms with E-state index in [1.165, 1.54) is 5.52 Å². The zero-order valence-electron chi connectivity index (χ0n) is 15.6. The number of hydrogen-bond donors (Lipinski definition) is 0. The second-order valence-electron chi connectivity index (χ2n) is 8.00. The Morgan fingerprint density at radius 1 is 1.27 bits per heavy atom. The van der Waals surface area contributed by atoms with E-state index >= 15 is 0 Å². The van der Waals surface area contributed by atoms with E-state index in [1.54, 1.807) is 0 Å². The van der Waals surface area contributed by atoms with Crippen molar-refractivity contribution in [1.29, 1.82) is 0 Å². The average Bonchev–Trinajstić information content (AvgIpc) is 2.99. The van der Waals surface area contributed by atoms with Crippen LogP contribution < -0.4 is 0 Å². The second-order valence-corrected chi connectivity index (χ2v) is 9.20. The largest absolute Gasteiger partial charge is 0.444 e. The molecule has 3 rings (SSSR count). The monoisotopic (exact) mass is 440 g/mol. The van der Waals surface area contributed by atoms with Gasteiger partial charge in [0.25, 0.3) is 0 Å². The molecule has 142 valence electrons. The normalized spacial score (nSPS) is 16.3. The van der Waals surface area contributed by atoms with Gasteiger partial charge in [0.1, 0.15) is 5.60 Å². The number of hydrogen-bond acceptors (Lipinski definition) is 2. The highest BCUT2D eigenvalue weighted by Crippen LogP contribution is 2.32. The number of aryl methyl sites for hydroxylation is 1. The van der Waals surface area contributed by atoms with Crippen LogP contribution >= 0.6 is 27.5 Å². The maximum Gasteiger partial charge on any atom is 0.410 e. The van der Waals surface area contributed by atoms with Crippen LogP contribution in [0.2, 0.25) is 5.02 Å². The Hall–Kier alpha value is -1.20. The van der Waals surface area contributed by atoms with Gasteiger partial charge in [-0.15, -0.1) is 0 Å². The molecule has 4 nitrogen and oxygen atoms in total. The van der Waals surface area contributed by atoms with Gasteiger partial charge in [-0.2, -0.15) is 0 Å². The molecule has 6 heteroatoms. The molecule has 0 N–H and O–H groups in total. The topological polar surface area (TPSA) is 34.5 Å². The summed E-state index contributed by atoms with van der Waals surface area (Å²) < 4.78 is 8.72. The number of halogens is 2. The molecule has 2 aromatic rings. The second kappa shape index (κ2) is 7.81. The minimum absolute atomic E-state index is 0.186. The fraction of sp³-hybridized carbons (Fsp3) is 0.550. The number of nitrogens with zero attached hydrogens (tertiary/aromatic N) is 2. The van der Waals surface area contributed by atoms with E-state index in [9.17, 15) is 4.79 Å². The van der Waals surface area contributed by atoms with Gasteiger partial charge in [-0.3, -0.25) is 0 Å². The molecule has 0 saturated carbocycles. The standard InChI is InChI=1S/C20H26BrClN2O2/c1-20(2,3)26-19(25)24-11-7-14(8-12-24)6-10-23-13-9-15-17(23)5-4-16(22)18(15)21/h4-5,9,13-14H,6-8,10-12H2,1-3H3. The van der Waals surface area contributed by atoms with E-state index in [4.69, 9.17) is 16.3 Å². The summed E-state index contributed by atoms with van der Waals surface area (Å²) >= 11 is 9.74. The van der Waals surface area contributed by atoms with Crippen LogP contribution in [0.4, 0.5) is 4.79 Å². The van der Waals surface area contributed by atoms with Crippen LogP contribution in [0.25, 0.3) is 10.9 Å². The van der Waals surface area contributed by atoms with Crippen molar-refractivity contribution < 1.29 is 9.53 Å². The van der Waals surface area contributed by atoms with Gasteiger partial charge in [-0.1, -0.05) is 11.6 Å². The zero-order chi connectivity index (χ0) is 18.9. The highest BCUT2D eigenvalue weighted by molar-refractivity contribution is 9.10. The maximum atomic E-state index is 12.2. The third-order valence-electron chi connectivity index (χ3n) is 4.88. The Labute approximate surface area is 168 Å². The van der Waals surface area contributed by atoms with Crippen LogP contribution in [0.3, 0.4) is 0 Å². The van der Waals surface area contributed by atoms with Crippen molar-refractivity contribution in [2.75, 3.05) is 13.1 Å². The van der Waals surface area contributed by atoms with Gasteiger partial charge < -0.3 is 14.2 Å². The van der Waals surface area contributed by atoms with Crippen molar-refractivity contribution in [3.8, 4) is 0 Å². The number of ether oxygens (including phenoxy) is 1. The third kappa shape index (κ3) is 4.55. The Kier molecular flexibility index (Phi) is 5.88.